The molecule has 0 heterocycles. The molecule has 0 aliphatic heterocycles. The van der Waals surface area contributed by atoms with Gasteiger partial charge in [0.15, 0.2) is 0 Å². The van der Waals surface area contributed by atoms with Crippen LogP contribution < -0.4 is 10.6 Å². The number of nitro benzene ring substituents is 1. The van der Waals surface area contributed by atoms with Crippen molar-refractivity contribution in [3.63, 3.8) is 0 Å². The molecule has 3 rings (SSSR count). The van der Waals surface area contributed by atoms with E-state index in [1.54, 1.807) is 18.2 Å². The van der Waals surface area contributed by atoms with Gasteiger partial charge in [0.1, 0.15) is 0 Å². The highest BCUT2D eigenvalue weighted by Gasteiger charge is 2.20. The highest BCUT2D eigenvalue weighted by atomic mass is 16.6. The third-order valence-electron chi connectivity index (χ3n) is 4.81. The number of methoxy groups -OCH3 is 1. The summed E-state index contributed by atoms with van der Waals surface area (Å²) in [7, 11) is 1.13. The lowest BCUT2D eigenvalue weighted by Crippen LogP contribution is -2.25. The zero-order chi connectivity index (χ0) is 24.0. The van der Waals surface area contributed by atoms with Gasteiger partial charge in [-0.05, 0) is 30.7 Å². The van der Waals surface area contributed by atoms with E-state index in [1.807, 2.05) is 31.2 Å². The van der Waals surface area contributed by atoms with Crippen LogP contribution in [-0.2, 0) is 11.3 Å². The van der Waals surface area contributed by atoms with Gasteiger partial charge >= 0.3 is 5.97 Å². The first-order valence-corrected chi connectivity index (χ1v) is 9.90. The number of hydrogen-bond acceptors (Lipinski definition) is 6. The maximum Gasteiger partial charge on any atom is 0.338 e. The number of benzene rings is 3. The second-order valence-electron chi connectivity index (χ2n) is 7.19. The van der Waals surface area contributed by atoms with Gasteiger partial charge in [-0.3, -0.25) is 19.7 Å². The summed E-state index contributed by atoms with van der Waals surface area (Å²) in [5, 5.41) is 16.6. The Balaban J connectivity index is 1.81. The topological polar surface area (TPSA) is 128 Å². The molecule has 0 aliphatic carbocycles. The molecule has 0 aromatic heterocycles. The Morgan fingerprint density at radius 3 is 2.27 bits per heavy atom. The minimum absolute atomic E-state index is 0.125. The third kappa shape index (κ3) is 5.79. The number of carbonyl (C=O) groups excluding carboxylic acids is 3. The molecule has 0 fully saturated rings. The summed E-state index contributed by atoms with van der Waals surface area (Å²) in [6, 6.07) is 17.3. The smallest absolute Gasteiger partial charge is 0.338 e. The van der Waals surface area contributed by atoms with Crippen molar-refractivity contribution in [2.45, 2.75) is 13.5 Å². The number of non-ortho nitro benzene ring substituents is 1. The lowest BCUT2D eigenvalue weighted by atomic mass is 10.1. The molecule has 0 bridgehead atoms. The molecule has 9 heteroatoms. The third-order valence-corrected chi connectivity index (χ3v) is 4.81. The quantitative estimate of drug-likeness (QED) is 0.321. The number of nitrogens with one attached hydrogen (secondary N) is 2. The number of nitro groups is 1. The fraction of sp³-hybridized carbons (Fsp3) is 0.125. The van der Waals surface area contributed by atoms with Crippen molar-refractivity contribution in [1.82, 2.24) is 5.32 Å². The van der Waals surface area contributed by atoms with Gasteiger partial charge in [0, 0.05) is 24.2 Å². The number of aryl methyl sites for hydroxylation is 1. The first kappa shape index (κ1) is 23.1. The summed E-state index contributed by atoms with van der Waals surface area (Å²) >= 11 is 0. The standard InChI is InChI=1S/C24H21N3O6/c1-15-7-9-16(10-8-15)14-25-23(29)20-5-3-4-6-21(20)26-22(28)17-11-18(24(30)33-2)13-19(12-17)27(31)32/h3-13H,14H2,1-2H3,(H,25,29)(H,26,28). The number of rotatable bonds is 7. The van der Waals surface area contributed by atoms with Crippen molar-refractivity contribution in [2.24, 2.45) is 0 Å². The van der Waals surface area contributed by atoms with Gasteiger partial charge < -0.3 is 15.4 Å². The van der Waals surface area contributed by atoms with Crippen molar-refractivity contribution in [3.05, 3.63) is 105 Å². The summed E-state index contributed by atoms with van der Waals surface area (Å²) in [6.45, 7) is 2.27. The normalized spacial score (nSPS) is 10.2. The number of hydrogen-bond donors (Lipinski definition) is 2. The van der Waals surface area contributed by atoms with Crippen LogP contribution in [0.25, 0.3) is 0 Å². The SMILES string of the molecule is COC(=O)c1cc(C(=O)Nc2ccccc2C(=O)NCc2ccc(C)cc2)cc([N+](=O)[O-])c1. The number of anilines is 1. The lowest BCUT2D eigenvalue weighted by Gasteiger charge is -2.12. The van der Waals surface area contributed by atoms with Crippen LogP contribution in [-0.4, -0.2) is 29.8 Å². The van der Waals surface area contributed by atoms with Gasteiger partial charge in [0.05, 0.1) is 28.8 Å². The van der Waals surface area contributed by atoms with Crippen LogP contribution in [0.1, 0.15) is 42.2 Å². The Morgan fingerprint density at radius 2 is 1.61 bits per heavy atom. The van der Waals surface area contributed by atoms with Gasteiger partial charge in [0.25, 0.3) is 17.5 Å². The highest BCUT2D eigenvalue weighted by Crippen LogP contribution is 2.21. The highest BCUT2D eigenvalue weighted by molar-refractivity contribution is 6.10. The van der Waals surface area contributed by atoms with E-state index in [1.165, 1.54) is 12.1 Å². The number of esters is 1. The Bertz CT molecular complexity index is 1220. The van der Waals surface area contributed by atoms with E-state index in [0.717, 1.165) is 30.4 Å². The average molecular weight is 447 g/mol. The van der Waals surface area contributed by atoms with Crippen molar-refractivity contribution in [3.8, 4) is 0 Å². The van der Waals surface area contributed by atoms with Crippen LogP contribution in [0, 0.1) is 17.0 Å². The summed E-state index contributed by atoms with van der Waals surface area (Å²) in [6.07, 6.45) is 0. The van der Waals surface area contributed by atoms with Crippen molar-refractivity contribution in [1.29, 1.82) is 0 Å². The molecule has 0 saturated carbocycles. The van der Waals surface area contributed by atoms with E-state index in [-0.39, 0.29) is 22.4 Å². The Kier molecular flexibility index (Phi) is 7.14. The minimum atomic E-state index is -0.816. The van der Waals surface area contributed by atoms with E-state index in [0.29, 0.717) is 6.54 Å². The van der Waals surface area contributed by atoms with Crippen LogP contribution >= 0.6 is 0 Å². The summed E-state index contributed by atoms with van der Waals surface area (Å²) in [4.78, 5) is 47.9. The fourth-order valence-corrected chi connectivity index (χ4v) is 3.05. The van der Waals surface area contributed by atoms with Crippen molar-refractivity contribution < 1.29 is 24.0 Å². The van der Waals surface area contributed by atoms with Crippen LogP contribution in [0.15, 0.2) is 66.7 Å². The molecule has 0 saturated heterocycles. The van der Waals surface area contributed by atoms with Gasteiger partial charge in [-0.1, -0.05) is 42.0 Å². The fourth-order valence-electron chi connectivity index (χ4n) is 3.05. The molecule has 2 amide bonds. The summed E-state index contributed by atoms with van der Waals surface area (Å²) in [5.41, 5.74) is 1.76. The molecule has 168 valence electrons. The van der Waals surface area contributed by atoms with Crippen molar-refractivity contribution >= 4 is 29.2 Å². The maximum absolute atomic E-state index is 12.8. The Labute approximate surface area is 189 Å². The number of carbonyl (C=O) groups is 3. The molecule has 33 heavy (non-hydrogen) atoms. The Hall–Kier alpha value is -4.53. The van der Waals surface area contributed by atoms with E-state index in [2.05, 4.69) is 15.4 Å². The molecule has 3 aromatic rings. The average Bonchev–Trinajstić information content (AvgIpc) is 2.82. The molecule has 0 unspecified atom stereocenters. The molecular formula is C24H21N3O6. The molecular weight excluding hydrogens is 426 g/mol. The number of para-hydroxylation sites is 1. The van der Waals surface area contributed by atoms with Gasteiger partial charge in [-0.15, -0.1) is 0 Å². The van der Waals surface area contributed by atoms with Crippen LogP contribution in [0.2, 0.25) is 0 Å². The first-order chi connectivity index (χ1) is 15.8. The molecule has 0 spiro atoms. The van der Waals surface area contributed by atoms with Crippen LogP contribution in [0.3, 0.4) is 0 Å². The predicted octanol–water partition coefficient (Wildman–Crippen LogP) is 3.87. The van der Waals surface area contributed by atoms with Gasteiger partial charge in [-0.25, -0.2) is 4.79 Å². The van der Waals surface area contributed by atoms with E-state index < -0.39 is 28.4 Å². The second-order valence-corrected chi connectivity index (χ2v) is 7.19. The zero-order valence-electron chi connectivity index (χ0n) is 18.0. The second kappa shape index (κ2) is 10.2. The first-order valence-electron chi connectivity index (χ1n) is 9.90. The molecule has 9 nitrogen and oxygen atoms in total. The summed E-state index contributed by atoms with van der Waals surface area (Å²) in [5.74, 6) is -1.94. The Morgan fingerprint density at radius 1 is 0.939 bits per heavy atom. The van der Waals surface area contributed by atoms with Crippen LogP contribution in [0.4, 0.5) is 11.4 Å². The maximum atomic E-state index is 12.8. The molecule has 3 aromatic carbocycles. The zero-order valence-corrected chi connectivity index (χ0v) is 18.0. The van der Waals surface area contributed by atoms with Gasteiger partial charge in [-0.2, -0.15) is 0 Å². The lowest BCUT2D eigenvalue weighted by molar-refractivity contribution is -0.384. The van der Waals surface area contributed by atoms with Crippen LogP contribution in [0.5, 0.6) is 0 Å². The predicted molar refractivity (Wildman–Crippen MR) is 121 cm³/mol. The molecule has 0 atom stereocenters. The monoisotopic (exact) mass is 447 g/mol. The van der Waals surface area contributed by atoms with Crippen molar-refractivity contribution in [2.75, 3.05) is 12.4 Å². The van der Waals surface area contributed by atoms with E-state index in [4.69, 9.17) is 0 Å². The van der Waals surface area contributed by atoms with E-state index >= 15 is 0 Å². The molecule has 2 N–H and O–H groups in total. The summed E-state index contributed by atoms with van der Waals surface area (Å²) < 4.78 is 4.60. The molecule has 0 aliphatic rings. The van der Waals surface area contributed by atoms with Gasteiger partial charge in [0.2, 0.25) is 0 Å². The van der Waals surface area contributed by atoms with E-state index in [9.17, 15) is 24.5 Å². The molecule has 0 radical (unpaired) electrons. The minimum Gasteiger partial charge on any atom is -0.465 e. The largest absolute Gasteiger partial charge is 0.465 e. The number of ether oxygens (including phenoxy) is 1. The number of nitrogens with zero attached hydrogens (tertiary/aromatic N) is 1. The number of amides is 2.